The molecule has 8 aromatic carbocycles. The number of aromatic amines is 2. The van der Waals surface area contributed by atoms with E-state index < -0.39 is 117 Å². The van der Waals surface area contributed by atoms with Crippen molar-refractivity contribution in [1.82, 2.24) is 85.0 Å². The minimum absolute atomic E-state index is 0.0161. The van der Waals surface area contributed by atoms with Gasteiger partial charge >= 0.3 is 11.9 Å². The van der Waals surface area contributed by atoms with Crippen molar-refractivity contribution in [3.8, 4) is 22.3 Å². The van der Waals surface area contributed by atoms with Crippen LogP contribution < -0.4 is 61.5 Å². The van der Waals surface area contributed by atoms with Gasteiger partial charge in [-0.05, 0) is 182 Å². The third kappa shape index (κ3) is 36.1. The Labute approximate surface area is 859 Å². The molecule has 12 aromatic rings. The molecule has 4 heterocycles. The predicted octanol–water partition coefficient (Wildman–Crippen LogP) is 5.91. The van der Waals surface area contributed by atoms with Crippen LogP contribution in [0.15, 0.2) is 249 Å². The van der Waals surface area contributed by atoms with E-state index >= 15 is 0 Å². The maximum absolute atomic E-state index is 13.7. The van der Waals surface area contributed by atoms with Crippen LogP contribution in [0.3, 0.4) is 0 Å². The quantitative estimate of drug-likeness (QED) is 0.00911. The van der Waals surface area contributed by atoms with Crippen molar-refractivity contribution in [3.63, 3.8) is 0 Å². The number of aliphatic carboxylic acids is 2. The number of anilines is 3. The number of fused-ring (bicyclic) bond motifs is 2. The minimum Gasteiger partial charge on any atom is -0.480 e. The van der Waals surface area contributed by atoms with Gasteiger partial charge in [0.2, 0.25) is 51.9 Å². The summed E-state index contributed by atoms with van der Waals surface area (Å²) in [7, 11) is -21.2. The van der Waals surface area contributed by atoms with Gasteiger partial charge in [0.05, 0.1) is 108 Å². The number of nitrogens with one attached hydrogen (secondary N) is 14. The van der Waals surface area contributed by atoms with Gasteiger partial charge in [-0.2, -0.15) is 33.2 Å². The molecule has 0 aliphatic heterocycles. The Hall–Kier alpha value is -14.2. The second-order valence-corrected chi connectivity index (χ2v) is 41.7. The van der Waals surface area contributed by atoms with Gasteiger partial charge in [0.1, 0.15) is 23.0 Å². The molecule has 12 rings (SSSR count). The lowest BCUT2D eigenvalue weighted by molar-refractivity contribution is -0.139. The highest BCUT2D eigenvalue weighted by Crippen LogP contribution is 2.28. The fourth-order valence-corrected chi connectivity index (χ4v) is 19.9. The first-order valence-electron chi connectivity index (χ1n) is 47.4. The van der Waals surface area contributed by atoms with Crippen LogP contribution in [0, 0.1) is 0 Å². The highest BCUT2D eigenvalue weighted by molar-refractivity contribution is 7.90. The Balaban J connectivity index is 0.480. The molecule has 0 radical (unpaired) electrons. The van der Waals surface area contributed by atoms with E-state index in [9.17, 15) is 90.4 Å². The van der Waals surface area contributed by atoms with Crippen LogP contribution in [0.25, 0.3) is 44.1 Å². The number of carbonyl (C=O) groups excluding carboxylic acids is 5. The molecule has 3 unspecified atom stereocenters. The molecule has 47 nitrogen and oxygen atoms in total. The number of nitrogens with zero attached hydrogens (tertiary/aromatic N) is 7. The summed E-state index contributed by atoms with van der Waals surface area (Å²) in [5.41, 5.74) is 7.60. The first-order valence-corrected chi connectivity index (χ1v) is 54.7. The van der Waals surface area contributed by atoms with Crippen LogP contribution in [0.1, 0.15) is 88.0 Å². The fraction of sp³-hybridized carbons (Fsp3) is 0.340. The Morgan fingerprint density at radius 2 is 0.799 bits per heavy atom. The molecule has 0 aliphatic carbocycles. The molecular weight excluding hydrogens is 2040 g/mol. The minimum atomic E-state index is -4.53. The number of carbonyl (C=O) groups is 7. The molecule has 0 bridgehead atoms. The predicted molar refractivity (Wildman–Crippen MR) is 549 cm³/mol. The van der Waals surface area contributed by atoms with Crippen LogP contribution in [-0.2, 0) is 111 Å². The van der Waals surface area contributed by atoms with Crippen molar-refractivity contribution in [3.05, 3.63) is 241 Å². The maximum atomic E-state index is 13.7. The van der Waals surface area contributed by atoms with Crippen molar-refractivity contribution in [2.24, 2.45) is 5.10 Å². The molecule has 52 heteroatoms. The lowest BCUT2D eigenvalue weighted by Gasteiger charge is -2.19. The summed E-state index contributed by atoms with van der Waals surface area (Å²) < 4.78 is 186. The Morgan fingerprint density at radius 1 is 0.409 bits per heavy atom. The fourth-order valence-electron chi connectivity index (χ4n) is 14.7. The number of aromatic nitrogens is 8. The maximum Gasteiger partial charge on any atom is 0.323 e. The van der Waals surface area contributed by atoms with Crippen LogP contribution in [0.2, 0.25) is 0 Å². The smallest absolute Gasteiger partial charge is 0.323 e. The van der Waals surface area contributed by atoms with E-state index in [1.165, 1.54) is 121 Å². The van der Waals surface area contributed by atoms with Crippen molar-refractivity contribution in [1.29, 1.82) is 0 Å². The average molecular weight is 2150 g/mol. The zero-order chi connectivity index (χ0) is 106. The first-order chi connectivity index (χ1) is 71.7. The van der Waals surface area contributed by atoms with Gasteiger partial charge in [0, 0.05) is 156 Å². The summed E-state index contributed by atoms with van der Waals surface area (Å²) in [6.07, 6.45) is 13.9. The second-order valence-electron chi connectivity index (χ2n) is 33.3. The van der Waals surface area contributed by atoms with Gasteiger partial charge in [-0.1, -0.05) is 66.7 Å². The third-order valence-electron chi connectivity index (χ3n) is 22.5. The normalized spacial score (nSPS) is 12.6. The summed E-state index contributed by atoms with van der Waals surface area (Å²) >= 11 is 0. The summed E-state index contributed by atoms with van der Waals surface area (Å²) in [5, 5.41) is 53.8. The van der Waals surface area contributed by atoms with E-state index in [4.69, 9.17) is 28.4 Å². The number of ether oxygens (including phenoxy) is 6. The van der Waals surface area contributed by atoms with Gasteiger partial charge < -0.3 is 85.8 Å². The van der Waals surface area contributed by atoms with Crippen LogP contribution >= 0.6 is 0 Å². The molecule has 149 heavy (non-hydrogen) atoms. The summed E-state index contributed by atoms with van der Waals surface area (Å²) in [5.74, 6) is -4.56. The molecule has 796 valence electrons. The van der Waals surface area contributed by atoms with Crippen molar-refractivity contribution >= 4 is 137 Å². The number of rotatable bonds is 68. The highest BCUT2D eigenvalue weighted by Gasteiger charge is 2.31. The molecular formula is C97H117N21O26S5. The Bertz CT molecular complexity index is 7060. The summed E-state index contributed by atoms with van der Waals surface area (Å²) in [4.78, 5) is 105. The molecule has 0 aliphatic rings. The number of amides is 5. The molecule has 0 saturated carbocycles. The van der Waals surface area contributed by atoms with Crippen molar-refractivity contribution in [2.75, 3.05) is 148 Å². The zero-order valence-electron chi connectivity index (χ0n) is 80.7. The second kappa shape index (κ2) is 56.8. The van der Waals surface area contributed by atoms with Gasteiger partial charge in [0.15, 0.2) is 11.9 Å². The number of carboxylic acids is 2. The summed E-state index contributed by atoms with van der Waals surface area (Å²) in [6, 6.07) is 39.7. The molecule has 5 amide bonds. The monoisotopic (exact) mass is 2150 g/mol. The number of imidazole rings is 2. The standard InChI is InChI=1S/C97H117N21O26S5/c119-89(98-39-5-49-139-53-57-143-59-55-141-51-7-41-111-145(128,129)79-25-13-68(14-26-79)70-17-29-81(30-18-70)147(132,133)115-84(94(124)125)66-106-90(120)73-21-34-86-76(61-73)64-109-117(86)47-3-37-100-96-102-43-44-103-96)36-33-83(113-92(122)72-11-23-78(24-12-72)114-108-63-75-9-1-2-10-88(75)149(136,137)138)93(123)99-40-6-50-140-54-58-144-60-56-142-52-8-42-112-146(130,131)80-27-15-69(16-28-80)71-19-31-82(32-20-71)148(134,135)116-85(95(126)127)67-107-91(121)74-22-35-87-77(62-74)65-110-118(87)48-4-38-101-97-104-45-46-105-97/h1-2,9-32,34-35,43-46,61-65,83-85,111-112,114-116H,3-8,33,36-42,47-60,66-67H2,(H,98,119)(H,99,123)(H,106,120)(H,107,121)(H,113,122)(H,124,125)(H,126,127)(H2,100,102,103)(H2,101,104,105)(H,136,137,138)/b108-63+. The van der Waals surface area contributed by atoms with Crippen molar-refractivity contribution in [2.45, 2.75) is 107 Å². The van der Waals surface area contributed by atoms with Gasteiger partial charge in [-0.3, -0.25) is 52.9 Å². The molecule has 0 saturated heterocycles. The number of sulfonamides is 4. The van der Waals surface area contributed by atoms with E-state index in [1.807, 2.05) is 0 Å². The highest BCUT2D eigenvalue weighted by atomic mass is 32.2. The number of carboxylic acid groups (broad SMARTS) is 2. The average Bonchev–Trinajstić information content (AvgIpc) is 1.58. The largest absolute Gasteiger partial charge is 0.480 e. The summed E-state index contributed by atoms with van der Waals surface area (Å²) in [6.45, 7) is 4.55. The lowest BCUT2D eigenvalue weighted by Crippen LogP contribution is -2.48. The van der Waals surface area contributed by atoms with Crippen LogP contribution in [0.5, 0.6) is 0 Å². The topological polar surface area (TPSA) is 656 Å². The number of H-pyrrole nitrogens is 2. The van der Waals surface area contributed by atoms with E-state index in [-0.39, 0.29) is 171 Å². The molecule has 3 atom stereocenters. The number of hydrogen-bond donors (Lipinski definition) is 17. The third-order valence-corrected chi connectivity index (χ3v) is 29.4. The van der Waals surface area contributed by atoms with Gasteiger partial charge in [-0.15, -0.1) is 0 Å². The van der Waals surface area contributed by atoms with E-state index in [2.05, 4.69) is 96.8 Å². The van der Waals surface area contributed by atoms with Gasteiger partial charge in [0.25, 0.3) is 27.8 Å². The number of aryl methyl sites for hydroxylation is 2. The lowest BCUT2D eigenvalue weighted by atomic mass is 10.1. The number of benzene rings is 8. The van der Waals surface area contributed by atoms with Gasteiger partial charge in [-0.25, -0.2) is 53.1 Å². The molecule has 4 aromatic heterocycles. The van der Waals surface area contributed by atoms with E-state index in [1.54, 1.807) is 113 Å². The number of hydrazone groups is 1. The van der Waals surface area contributed by atoms with Crippen LogP contribution in [0.4, 0.5) is 17.6 Å². The van der Waals surface area contributed by atoms with E-state index in [0.29, 0.717) is 102 Å². The molecule has 0 fully saturated rings. The zero-order valence-corrected chi connectivity index (χ0v) is 84.8. The Kier molecular flexibility index (Phi) is 43.3. The SMILES string of the molecule is O=C(CCC(NC(=O)c1ccc(N/N=C/c2ccccc2S(=O)(=O)O)cc1)C(=O)NCCCOCCOCCOCCCNS(=O)(=O)c1ccc(-c2ccc(S(=O)(=O)NC(CNC(=O)c3ccc4c(cnn4CCCNc4ncc[nH]4)c3)C(=O)O)cc2)cc1)NCCCOCCOCCOCCCNS(=O)(=O)c1ccc(-c2ccc(S(=O)(=O)NC(CNC(=O)c3ccc4c(cnn4CCCNc4ncc[nH]4)c3)C(=O)O)cc2)cc1. The van der Waals surface area contributed by atoms with E-state index in [0.717, 1.165) is 23.9 Å². The van der Waals surface area contributed by atoms with Crippen molar-refractivity contribution < 1.29 is 119 Å². The molecule has 0 spiro atoms. The first kappa shape index (κ1) is 114. The Morgan fingerprint density at radius 3 is 1.20 bits per heavy atom. The number of hydrogen-bond acceptors (Lipinski definition) is 31. The molecule has 17 N–H and O–H groups in total. The van der Waals surface area contributed by atoms with Crippen LogP contribution in [-0.4, -0.2) is 294 Å².